The Morgan fingerprint density at radius 3 is 1.94 bits per heavy atom. The van der Waals surface area contributed by atoms with Gasteiger partial charge in [0.25, 0.3) is 6.29 Å². The standard InChI is InChI=1S/C7H16O9P2/c8-2-1-3-15-4-5-16-6-7(17(9,10)11)18(12,13)14/h2,7H,1,3-6H2,(H2,9,10,11)(H2,12,13,14)/p+1. The number of hydrogen-bond acceptors (Lipinski definition) is 4. The molecule has 0 fully saturated rings. The molecule has 0 spiro atoms. The van der Waals surface area contributed by atoms with Gasteiger partial charge in [-0.05, 0) is 0 Å². The van der Waals surface area contributed by atoms with Crippen molar-refractivity contribution in [3.8, 4) is 0 Å². The highest BCUT2D eigenvalue weighted by atomic mass is 31.2. The fraction of sp³-hybridized carbons (Fsp3) is 0.857. The van der Waals surface area contributed by atoms with E-state index < -0.39 is 27.2 Å². The average molecular weight is 307 g/mol. The maximum Gasteiger partial charge on any atom is 0.343 e. The summed E-state index contributed by atoms with van der Waals surface area (Å²) in [5.74, 6) is 0. The molecule has 5 N–H and O–H groups in total. The average Bonchev–Trinajstić information content (AvgIpc) is 2.18. The van der Waals surface area contributed by atoms with E-state index in [1.54, 1.807) is 0 Å². The molecule has 0 aromatic rings. The minimum absolute atomic E-state index is 0.0675. The van der Waals surface area contributed by atoms with Crippen molar-refractivity contribution in [1.82, 2.24) is 0 Å². The molecule has 0 saturated heterocycles. The molecule has 0 heterocycles. The fourth-order valence-electron chi connectivity index (χ4n) is 0.935. The molecule has 11 heteroatoms. The summed E-state index contributed by atoms with van der Waals surface area (Å²) >= 11 is 0. The molecule has 0 aliphatic rings. The van der Waals surface area contributed by atoms with E-state index in [0.717, 1.165) is 6.29 Å². The van der Waals surface area contributed by atoms with Crippen LogP contribution in [0.5, 0.6) is 0 Å². The van der Waals surface area contributed by atoms with Crippen LogP contribution in [-0.4, -0.2) is 62.5 Å². The van der Waals surface area contributed by atoms with Crippen molar-refractivity contribution >= 4 is 21.5 Å². The van der Waals surface area contributed by atoms with Gasteiger partial charge in [0, 0.05) is 0 Å². The molecule has 0 aromatic heterocycles. The summed E-state index contributed by atoms with van der Waals surface area (Å²) in [6.45, 7) is -0.491. The van der Waals surface area contributed by atoms with Gasteiger partial charge in [-0.1, -0.05) is 0 Å². The molecule has 0 bridgehead atoms. The quantitative estimate of drug-likeness (QED) is 0.178. The van der Waals surface area contributed by atoms with Gasteiger partial charge in [-0.25, -0.2) is 0 Å². The second-order valence-corrected chi connectivity index (χ2v) is 7.33. The summed E-state index contributed by atoms with van der Waals surface area (Å²) in [6.07, 6.45) is 1.24. The molecule has 0 unspecified atom stereocenters. The third kappa shape index (κ3) is 8.07. The molecular weight excluding hydrogens is 290 g/mol. The van der Waals surface area contributed by atoms with Gasteiger partial charge in [-0.2, -0.15) is 0 Å². The Labute approximate surface area is 103 Å². The van der Waals surface area contributed by atoms with E-state index in [9.17, 15) is 9.13 Å². The molecule has 9 nitrogen and oxygen atoms in total. The molecule has 0 rings (SSSR count). The van der Waals surface area contributed by atoms with Gasteiger partial charge in [0.15, 0.2) is 5.40 Å². The second-order valence-electron chi connectivity index (χ2n) is 3.32. The molecule has 0 aliphatic carbocycles. The van der Waals surface area contributed by atoms with Crippen LogP contribution in [0.1, 0.15) is 6.42 Å². The molecule has 18 heavy (non-hydrogen) atoms. The summed E-state index contributed by atoms with van der Waals surface area (Å²) in [7, 11) is -9.86. The minimum atomic E-state index is -4.93. The normalized spacial score (nSPS) is 12.9. The summed E-state index contributed by atoms with van der Waals surface area (Å²) in [5.41, 5.74) is 0. The summed E-state index contributed by atoms with van der Waals surface area (Å²) < 4.78 is 31.4. The zero-order chi connectivity index (χ0) is 14.2. The predicted molar refractivity (Wildman–Crippen MR) is 62.1 cm³/mol. The molecule has 0 saturated carbocycles. The topological polar surface area (TPSA) is 155 Å². The Morgan fingerprint density at radius 1 is 1.00 bits per heavy atom. The number of ether oxygens (including phenoxy) is 2. The molecule has 0 aromatic carbocycles. The van der Waals surface area contributed by atoms with Gasteiger partial charge in [-0.3, -0.25) is 13.9 Å². The van der Waals surface area contributed by atoms with Crippen LogP contribution in [0.15, 0.2) is 0 Å². The van der Waals surface area contributed by atoms with Crippen molar-refractivity contribution in [2.75, 3.05) is 26.4 Å². The minimum Gasteiger partial charge on any atom is -0.378 e. The largest absolute Gasteiger partial charge is 0.378 e. The second kappa shape index (κ2) is 8.14. The lowest BCUT2D eigenvalue weighted by Gasteiger charge is -2.19. The van der Waals surface area contributed by atoms with E-state index in [0.29, 0.717) is 6.42 Å². The van der Waals surface area contributed by atoms with Crippen LogP contribution in [0.3, 0.4) is 0 Å². The first-order valence-electron chi connectivity index (χ1n) is 4.91. The van der Waals surface area contributed by atoms with Gasteiger partial charge in [0.1, 0.15) is 0 Å². The zero-order valence-corrected chi connectivity index (χ0v) is 11.2. The van der Waals surface area contributed by atoms with Crippen LogP contribution in [0.25, 0.3) is 0 Å². The van der Waals surface area contributed by atoms with E-state index in [-0.39, 0.29) is 19.8 Å². The van der Waals surface area contributed by atoms with E-state index >= 15 is 0 Å². The SMILES string of the molecule is O=P(O)(O)C(COCCOCCC=[OH+])P(=O)(O)O. The summed E-state index contributed by atoms with van der Waals surface area (Å²) in [6, 6.07) is 0. The maximum absolute atomic E-state index is 10.8. The number of rotatable bonds is 10. The smallest absolute Gasteiger partial charge is 0.343 e. The highest BCUT2D eigenvalue weighted by Gasteiger charge is 2.43. The van der Waals surface area contributed by atoms with Crippen molar-refractivity contribution in [1.29, 1.82) is 0 Å². The first-order chi connectivity index (χ1) is 8.19. The van der Waals surface area contributed by atoms with Crippen molar-refractivity contribution in [2.45, 2.75) is 11.8 Å². The van der Waals surface area contributed by atoms with Gasteiger partial charge in [0.05, 0.1) is 32.8 Å². The van der Waals surface area contributed by atoms with E-state index in [1.165, 1.54) is 0 Å². The number of aldehydes is 1. The van der Waals surface area contributed by atoms with E-state index in [2.05, 4.69) is 0 Å². The van der Waals surface area contributed by atoms with Crippen LogP contribution < -0.4 is 0 Å². The number of hydrogen-bond donors (Lipinski definition) is 4. The number of carbonyl (C=O) groups excluding carboxylic acids is 1. The molecule has 108 valence electrons. The lowest BCUT2D eigenvalue weighted by molar-refractivity contribution is 0.0516. The summed E-state index contributed by atoms with van der Waals surface area (Å²) in [5, 5.41) is -2.16. The van der Waals surface area contributed by atoms with Crippen LogP contribution >= 0.6 is 15.2 Å². The van der Waals surface area contributed by atoms with E-state index in [4.69, 9.17) is 33.8 Å². The first-order valence-corrected chi connectivity index (χ1v) is 8.27. The predicted octanol–water partition coefficient (Wildman–Crippen LogP) is -0.734. The van der Waals surface area contributed by atoms with Gasteiger partial charge >= 0.3 is 15.2 Å². The Hall–Kier alpha value is -0.110. The van der Waals surface area contributed by atoms with Crippen molar-refractivity contribution in [2.24, 2.45) is 0 Å². The molecule has 0 radical (unpaired) electrons. The summed E-state index contributed by atoms with van der Waals surface area (Å²) in [4.78, 5) is 43.4. The highest BCUT2D eigenvalue weighted by molar-refractivity contribution is 7.70. The van der Waals surface area contributed by atoms with E-state index in [1.807, 2.05) is 0 Å². The third-order valence-electron chi connectivity index (χ3n) is 1.81. The van der Waals surface area contributed by atoms with Crippen molar-refractivity contribution in [3.05, 3.63) is 0 Å². The van der Waals surface area contributed by atoms with Crippen molar-refractivity contribution < 1.29 is 43.0 Å². The van der Waals surface area contributed by atoms with Crippen LogP contribution in [0, 0.1) is 0 Å². The fourth-order valence-corrected chi connectivity index (χ4v) is 3.10. The lowest BCUT2D eigenvalue weighted by atomic mass is 10.5. The van der Waals surface area contributed by atoms with Gasteiger partial charge < -0.3 is 29.0 Å². The molecular formula is C7H17O9P2+. The molecule has 0 amide bonds. The van der Waals surface area contributed by atoms with Crippen LogP contribution in [-0.2, 0) is 18.6 Å². The molecule has 0 atom stereocenters. The Morgan fingerprint density at radius 2 is 1.50 bits per heavy atom. The maximum atomic E-state index is 10.8. The Bertz CT molecular complexity index is 310. The van der Waals surface area contributed by atoms with Crippen LogP contribution in [0.2, 0.25) is 0 Å². The zero-order valence-electron chi connectivity index (χ0n) is 9.45. The van der Waals surface area contributed by atoms with Crippen molar-refractivity contribution in [3.63, 3.8) is 0 Å². The Kier molecular flexibility index (Phi) is 8.09. The van der Waals surface area contributed by atoms with Gasteiger partial charge in [0.2, 0.25) is 0 Å². The highest BCUT2D eigenvalue weighted by Crippen LogP contribution is 2.59. The lowest BCUT2D eigenvalue weighted by Crippen LogP contribution is -2.18. The van der Waals surface area contributed by atoms with Gasteiger partial charge in [-0.15, -0.1) is 0 Å². The third-order valence-corrected chi connectivity index (χ3v) is 5.46. The van der Waals surface area contributed by atoms with Crippen LogP contribution in [0.4, 0.5) is 0 Å². The first kappa shape index (κ1) is 17.9. The molecule has 0 aliphatic heterocycles. The Balaban J connectivity index is 3.97. The monoisotopic (exact) mass is 307 g/mol.